The summed E-state index contributed by atoms with van der Waals surface area (Å²) in [6.07, 6.45) is 2.55. The van der Waals surface area contributed by atoms with E-state index in [0.29, 0.717) is 12.8 Å². The molecule has 1 aromatic rings. The van der Waals surface area contributed by atoms with Gasteiger partial charge in [0.1, 0.15) is 6.04 Å². The Morgan fingerprint density at radius 3 is 2.53 bits per heavy atom. The van der Waals surface area contributed by atoms with Gasteiger partial charge in [-0.1, -0.05) is 36.4 Å². The van der Waals surface area contributed by atoms with E-state index >= 15 is 0 Å². The molecule has 4 nitrogen and oxygen atoms in total. The van der Waals surface area contributed by atoms with Gasteiger partial charge in [0.25, 0.3) is 0 Å². The van der Waals surface area contributed by atoms with Crippen molar-refractivity contribution in [2.45, 2.75) is 31.7 Å². The second-order valence-electron chi connectivity index (χ2n) is 4.40. The monoisotopic (exact) mass is 261 g/mol. The van der Waals surface area contributed by atoms with Gasteiger partial charge in [-0.05, 0) is 25.3 Å². The molecule has 4 heteroatoms. The number of rotatable bonds is 7. The van der Waals surface area contributed by atoms with E-state index in [1.165, 1.54) is 0 Å². The topological polar surface area (TPSA) is 66.4 Å². The zero-order chi connectivity index (χ0) is 14.3. The maximum absolute atomic E-state index is 12.0. The molecule has 1 rings (SSSR count). The summed E-state index contributed by atoms with van der Waals surface area (Å²) in [5.41, 5.74) is 0.868. The number of amides is 1. The Kier molecular flexibility index (Phi) is 5.79. The van der Waals surface area contributed by atoms with E-state index in [2.05, 4.69) is 11.9 Å². The van der Waals surface area contributed by atoms with Crippen molar-refractivity contribution in [3.05, 3.63) is 48.6 Å². The summed E-state index contributed by atoms with van der Waals surface area (Å²) in [4.78, 5) is 23.1. The molecule has 1 amide bonds. The molecule has 0 aliphatic carbocycles. The first-order chi connectivity index (χ1) is 9.06. The molecule has 0 spiro atoms. The van der Waals surface area contributed by atoms with Crippen LogP contribution < -0.4 is 5.32 Å². The van der Waals surface area contributed by atoms with E-state index in [1.54, 1.807) is 13.0 Å². The third kappa shape index (κ3) is 4.58. The molecule has 0 aromatic heterocycles. The summed E-state index contributed by atoms with van der Waals surface area (Å²) in [5, 5.41) is 11.6. The molecule has 0 radical (unpaired) electrons. The summed E-state index contributed by atoms with van der Waals surface area (Å²) in [6, 6.07) is 8.42. The Morgan fingerprint density at radius 1 is 1.37 bits per heavy atom. The van der Waals surface area contributed by atoms with Gasteiger partial charge in [0.2, 0.25) is 5.91 Å². The lowest BCUT2D eigenvalue weighted by Gasteiger charge is -2.17. The Bertz CT molecular complexity index is 442. The second kappa shape index (κ2) is 7.36. The summed E-state index contributed by atoms with van der Waals surface area (Å²) >= 11 is 0. The van der Waals surface area contributed by atoms with Crippen LogP contribution in [0.2, 0.25) is 0 Å². The number of hydrogen-bond donors (Lipinski definition) is 2. The predicted octanol–water partition coefficient (Wildman–Crippen LogP) is 2.33. The highest BCUT2D eigenvalue weighted by Crippen LogP contribution is 2.15. The fourth-order valence-corrected chi connectivity index (χ4v) is 1.73. The molecule has 102 valence electrons. The third-order valence-corrected chi connectivity index (χ3v) is 2.97. The molecule has 0 heterocycles. The van der Waals surface area contributed by atoms with E-state index in [1.807, 2.05) is 30.3 Å². The van der Waals surface area contributed by atoms with Gasteiger partial charge in [-0.2, -0.15) is 0 Å². The van der Waals surface area contributed by atoms with Crippen molar-refractivity contribution in [3.63, 3.8) is 0 Å². The molecule has 2 unspecified atom stereocenters. The van der Waals surface area contributed by atoms with Gasteiger partial charge in [0, 0.05) is 0 Å². The molecular weight excluding hydrogens is 242 g/mol. The number of hydrogen-bond acceptors (Lipinski definition) is 2. The molecule has 0 aliphatic heterocycles. The van der Waals surface area contributed by atoms with E-state index in [4.69, 9.17) is 5.11 Å². The summed E-state index contributed by atoms with van der Waals surface area (Å²) in [7, 11) is 0. The van der Waals surface area contributed by atoms with E-state index in [0.717, 1.165) is 5.56 Å². The van der Waals surface area contributed by atoms with Crippen LogP contribution in [0.25, 0.3) is 0 Å². The number of carboxylic acid groups (broad SMARTS) is 1. The van der Waals surface area contributed by atoms with Crippen molar-refractivity contribution >= 4 is 11.9 Å². The van der Waals surface area contributed by atoms with Crippen LogP contribution in [0.15, 0.2) is 43.0 Å². The number of aliphatic carboxylic acids is 1. The molecule has 2 N–H and O–H groups in total. The van der Waals surface area contributed by atoms with Crippen molar-refractivity contribution in [2.75, 3.05) is 0 Å². The third-order valence-electron chi connectivity index (χ3n) is 2.97. The molecule has 2 atom stereocenters. The normalized spacial score (nSPS) is 13.3. The molecular formula is C15H19NO3. The van der Waals surface area contributed by atoms with E-state index in [9.17, 15) is 9.59 Å². The number of nitrogens with one attached hydrogen (secondary N) is 1. The summed E-state index contributed by atoms with van der Waals surface area (Å²) in [5.74, 6) is -1.66. The van der Waals surface area contributed by atoms with Crippen molar-refractivity contribution in [2.24, 2.45) is 0 Å². The van der Waals surface area contributed by atoms with Gasteiger partial charge < -0.3 is 10.4 Å². The zero-order valence-electron chi connectivity index (χ0n) is 11.0. The highest BCUT2D eigenvalue weighted by atomic mass is 16.4. The maximum Gasteiger partial charge on any atom is 0.326 e. The zero-order valence-corrected chi connectivity index (χ0v) is 11.0. The Balaban J connectivity index is 2.66. The fraction of sp³-hybridized carbons (Fsp3) is 0.333. The van der Waals surface area contributed by atoms with Crippen LogP contribution in [0, 0.1) is 0 Å². The Labute approximate surface area is 113 Å². The number of allylic oxidation sites excluding steroid dienone is 1. The lowest BCUT2D eigenvalue weighted by atomic mass is 10.00. The molecule has 1 aromatic carbocycles. The van der Waals surface area contributed by atoms with Gasteiger partial charge in [-0.15, -0.1) is 6.58 Å². The minimum Gasteiger partial charge on any atom is -0.480 e. The molecule has 0 fully saturated rings. The molecule has 0 bridgehead atoms. The second-order valence-corrected chi connectivity index (χ2v) is 4.40. The quantitative estimate of drug-likeness (QED) is 0.740. The highest BCUT2D eigenvalue weighted by Gasteiger charge is 2.22. The van der Waals surface area contributed by atoms with Gasteiger partial charge in [0.15, 0.2) is 0 Å². The summed E-state index contributed by atoms with van der Waals surface area (Å²) in [6.45, 7) is 5.31. The first-order valence-corrected chi connectivity index (χ1v) is 6.25. The van der Waals surface area contributed by atoms with Crippen molar-refractivity contribution < 1.29 is 14.7 Å². The number of carboxylic acids is 1. The van der Waals surface area contributed by atoms with Crippen molar-refractivity contribution in [1.29, 1.82) is 0 Å². The Morgan fingerprint density at radius 2 is 2.00 bits per heavy atom. The van der Waals surface area contributed by atoms with Crippen LogP contribution in [-0.2, 0) is 9.59 Å². The van der Waals surface area contributed by atoms with Crippen molar-refractivity contribution in [1.82, 2.24) is 5.32 Å². The SMILES string of the molecule is C=CCCC(NC(=O)C(C)c1ccccc1)C(=O)O. The number of benzene rings is 1. The minimum atomic E-state index is -1.02. The van der Waals surface area contributed by atoms with Crippen LogP contribution in [0.5, 0.6) is 0 Å². The number of carbonyl (C=O) groups is 2. The Hall–Kier alpha value is -2.10. The van der Waals surface area contributed by atoms with Crippen molar-refractivity contribution in [3.8, 4) is 0 Å². The standard InChI is InChI=1S/C15H19NO3/c1-3-4-10-13(15(18)19)16-14(17)11(2)12-8-6-5-7-9-12/h3,5-9,11,13H,1,4,10H2,2H3,(H,16,17)(H,18,19). The van der Waals surface area contributed by atoms with Crippen LogP contribution in [-0.4, -0.2) is 23.0 Å². The minimum absolute atomic E-state index is 0.275. The van der Waals surface area contributed by atoms with Gasteiger partial charge in [0.05, 0.1) is 5.92 Å². The first-order valence-electron chi connectivity index (χ1n) is 6.25. The van der Waals surface area contributed by atoms with Gasteiger partial charge in [-0.3, -0.25) is 4.79 Å². The lowest BCUT2D eigenvalue weighted by molar-refractivity contribution is -0.142. The lowest BCUT2D eigenvalue weighted by Crippen LogP contribution is -2.42. The predicted molar refractivity (Wildman–Crippen MR) is 73.9 cm³/mol. The summed E-state index contributed by atoms with van der Waals surface area (Å²) < 4.78 is 0. The molecule has 19 heavy (non-hydrogen) atoms. The van der Waals surface area contributed by atoms with Crippen LogP contribution >= 0.6 is 0 Å². The highest BCUT2D eigenvalue weighted by molar-refractivity contribution is 5.87. The maximum atomic E-state index is 12.0. The van der Waals surface area contributed by atoms with Gasteiger partial charge >= 0.3 is 5.97 Å². The fourth-order valence-electron chi connectivity index (χ4n) is 1.73. The average molecular weight is 261 g/mol. The first kappa shape index (κ1) is 15.0. The van der Waals surface area contributed by atoms with Gasteiger partial charge in [-0.25, -0.2) is 4.79 Å². The van der Waals surface area contributed by atoms with E-state index in [-0.39, 0.29) is 11.8 Å². The van der Waals surface area contributed by atoms with Crippen LogP contribution in [0.4, 0.5) is 0 Å². The largest absolute Gasteiger partial charge is 0.480 e. The smallest absolute Gasteiger partial charge is 0.326 e. The molecule has 0 saturated heterocycles. The molecule has 0 saturated carbocycles. The van der Waals surface area contributed by atoms with E-state index < -0.39 is 12.0 Å². The van der Waals surface area contributed by atoms with Crippen LogP contribution in [0.1, 0.15) is 31.2 Å². The van der Waals surface area contributed by atoms with Crippen LogP contribution in [0.3, 0.4) is 0 Å². The number of carbonyl (C=O) groups excluding carboxylic acids is 1. The average Bonchev–Trinajstić information content (AvgIpc) is 2.43. The molecule has 0 aliphatic rings.